The number of aliphatic hydroxyl groups is 3. The van der Waals surface area contributed by atoms with Gasteiger partial charge in [-0.1, -0.05) is 52.3 Å². The number of aliphatic carboxylic acids is 1. The summed E-state index contributed by atoms with van der Waals surface area (Å²) >= 11 is 0. The van der Waals surface area contributed by atoms with E-state index in [0.717, 1.165) is 0 Å². The number of amides is 4. The van der Waals surface area contributed by atoms with Crippen LogP contribution in [0.25, 0.3) is 0 Å². The number of nitrogens with zero attached hydrogens (tertiary/aromatic N) is 1. The molecule has 2 fully saturated rings. The van der Waals surface area contributed by atoms with E-state index in [1.165, 1.54) is 4.90 Å². The summed E-state index contributed by atoms with van der Waals surface area (Å²) in [5.74, 6) is -3.93. The zero-order valence-corrected chi connectivity index (χ0v) is 35.0. The highest BCUT2D eigenvalue weighted by Gasteiger charge is 2.46. The molecular weight excluding hydrogens is 754 g/mol. The summed E-state index contributed by atoms with van der Waals surface area (Å²) in [5, 5.41) is 45.8. The Balaban J connectivity index is 1.60. The lowest BCUT2D eigenvalue weighted by Gasteiger charge is -2.39. The molecule has 8 atom stereocenters. The first-order valence-corrected chi connectivity index (χ1v) is 20.2. The van der Waals surface area contributed by atoms with Gasteiger partial charge in [0.1, 0.15) is 31.0 Å². The van der Waals surface area contributed by atoms with Crippen molar-refractivity contribution in [3.05, 3.63) is 34.9 Å². The molecule has 2 heterocycles. The summed E-state index contributed by atoms with van der Waals surface area (Å²) in [6.07, 6.45) is -5.96. The number of hydrogen-bond donors (Lipinski definition) is 6. The van der Waals surface area contributed by atoms with E-state index in [1.54, 1.807) is 59.7 Å². The van der Waals surface area contributed by atoms with Gasteiger partial charge in [0.15, 0.2) is 11.9 Å². The Morgan fingerprint density at radius 2 is 1.59 bits per heavy atom. The molecule has 0 saturated carbocycles. The third-order valence-electron chi connectivity index (χ3n) is 10.8. The minimum atomic E-state index is -1.83. The molecule has 0 spiro atoms. The third-order valence-corrected chi connectivity index (χ3v) is 10.8. The van der Waals surface area contributed by atoms with E-state index in [1.807, 2.05) is 13.8 Å². The van der Waals surface area contributed by atoms with Gasteiger partial charge >= 0.3 is 11.9 Å². The number of nitrogens with one attached hydrogen (secondary N) is 2. The summed E-state index contributed by atoms with van der Waals surface area (Å²) < 4.78 is 11.0. The van der Waals surface area contributed by atoms with Gasteiger partial charge in [-0.15, -0.1) is 0 Å². The number of ether oxygens (including phenoxy) is 2. The van der Waals surface area contributed by atoms with E-state index in [9.17, 15) is 54.0 Å². The van der Waals surface area contributed by atoms with Crippen molar-refractivity contribution >= 4 is 41.4 Å². The fourth-order valence-corrected chi connectivity index (χ4v) is 6.93. The second-order valence-corrected chi connectivity index (χ2v) is 17.3. The highest BCUT2D eigenvalue weighted by atomic mass is 16.6. The van der Waals surface area contributed by atoms with Gasteiger partial charge in [-0.25, -0.2) is 4.79 Å². The lowest BCUT2D eigenvalue weighted by molar-refractivity contribution is -0.228. The highest BCUT2D eigenvalue weighted by Crippen LogP contribution is 2.28. The Labute approximate surface area is 340 Å². The molecule has 0 aromatic heterocycles. The number of aryl methyl sites for hydroxylation is 1. The van der Waals surface area contributed by atoms with Crippen LogP contribution < -0.4 is 10.6 Å². The van der Waals surface area contributed by atoms with E-state index in [-0.39, 0.29) is 80.0 Å². The molecule has 324 valence electrons. The van der Waals surface area contributed by atoms with Crippen LogP contribution in [0.2, 0.25) is 0 Å². The molecule has 0 aliphatic carbocycles. The predicted octanol–water partition coefficient (Wildman–Crippen LogP) is 1.99. The Hall–Kier alpha value is -4.25. The number of unbranched alkanes of at least 4 members (excludes halogenated alkanes) is 2. The van der Waals surface area contributed by atoms with Gasteiger partial charge in [0, 0.05) is 31.7 Å². The van der Waals surface area contributed by atoms with E-state index < -0.39 is 65.9 Å². The number of carbonyl (C=O) groups is 7. The largest absolute Gasteiger partial charge is 0.479 e. The molecule has 3 rings (SSSR count). The zero-order valence-electron chi connectivity index (χ0n) is 35.0. The van der Waals surface area contributed by atoms with Crippen molar-refractivity contribution in [2.24, 2.45) is 23.2 Å². The quantitative estimate of drug-likeness (QED) is 0.0627. The average Bonchev–Trinajstić information content (AvgIpc) is 3.43. The van der Waals surface area contributed by atoms with Crippen molar-refractivity contribution in [2.75, 3.05) is 6.54 Å². The molecule has 4 amide bonds. The van der Waals surface area contributed by atoms with Crippen LogP contribution in [0.3, 0.4) is 0 Å². The fraction of sp³-hybridized carbons (Fsp3) is 0.690. The van der Waals surface area contributed by atoms with Crippen molar-refractivity contribution in [2.45, 2.75) is 156 Å². The first-order chi connectivity index (χ1) is 27.0. The second kappa shape index (κ2) is 21.1. The Bertz CT molecular complexity index is 1650. The van der Waals surface area contributed by atoms with Crippen LogP contribution in [0, 0.1) is 23.2 Å². The molecular formula is C42H63N3O13. The van der Waals surface area contributed by atoms with Crippen LogP contribution in [0.5, 0.6) is 0 Å². The molecule has 0 bridgehead atoms. The van der Waals surface area contributed by atoms with Gasteiger partial charge in [0.2, 0.25) is 23.6 Å². The second-order valence-electron chi connectivity index (χ2n) is 17.3. The van der Waals surface area contributed by atoms with Crippen molar-refractivity contribution in [1.29, 1.82) is 0 Å². The predicted molar refractivity (Wildman–Crippen MR) is 210 cm³/mol. The number of hydrogen-bond acceptors (Lipinski definition) is 12. The molecule has 1 aromatic carbocycles. The van der Waals surface area contributed by atoms with Crippen LogP contribution in [0.1, 0.15) is 111 Å². The van der Waals surface area contributed by atoms with Gasteiger partial charge < -0.3 is 40.5 Å². The first kappa shape index (κ1) is 48.1. The Kier molecular flexibility index (Phi) is 17.5. The number of carboxylic acids is 1. The lowest BCUT2D eigenvalue weighted by atomic mass is 9.90. The smallest absolute Gasteiger partial charge is 0.335 e. The van der Waals surface area contributed by atoms with Crippen LogP contribution in [-0.4, -0.2) is 116 Å². The molecule has 58 heavy (non-hydrogen) atoms. The van der Waals surface area contributed by atoms with Crippen molar-refractivity contribution in [3.8, 4) is 0 Å². The van der Waals surface area contributed by atoms with Gasteiger partial charge in [-0.05, 0) is 81.9 Å². The van der Waals surface area contributed by atoms with E-state index in [2.05, 4.69) is 10.6 Å². The molecule has 1 unspecified atom stereocenters. The SMILES string of the molecule is CC(C)C1CC(=O)N(CCCCCC(=O)N[C@H](C(=O)N[C@@H](C)C(=O)Cc2ccc(COC(=O)C(C)(C)C)c(CC[C@@H]3O[C@H](C(=O)O)[C@@H](O)[C@H](O)[C@H]3O)c2)C(C)C)C1=O. The molecule has 6 N–H and O–H groups in total. The lowest BCUT2D eigenvalue weighted by Crippen LogP contribution is -2.59. The summed E-state index contributed by atoms with van der Waals surface area (Å²) in [5.41, 5.74) is 0.976. The van der Waals surface area contributed by atoms with Crippen molar-refractivity contribution in [1.82, 2.24) is 15.5 Å². The summed E-state index contributed by atoms with van der Waals surface area (Å²) in [6, 6.07) is 3.24. The van der Waals surface area contributed by atoms with Gasteiger partial charge in [0.05, 0.1) is 17.6 Å². The summed E-state index contributed by atoms with van der Waals surface area (Å²) in [7, 11) is 0. The van der Waals surface area contributed by atoms with Gasteiger partial charge in [-0.3, -0.25) is 33.7 Å². The number of ketones is 1. The third kappa shape index (κ3) is 13.1. The number of esters is 1. The Morgan fingerprint density at radius 1 is 0.914 bits per heavy atom. The molecule has 2 aliphatic heterocycles. The molecule has 16 heteroatoms. The maximum atomic E-state index is 13.4. The molecule has 0 radical (unpaired) electrons. The topological polar surface area (TPSA) is 246 Å². The normalized spacial score (nSPS) is 23.5. The summed E-state index contributed by atoms with van der Waals surface area (Å²) in [4.78, 5) is 89.8. The van der Waals surface area contributed by atoms with Crippen LogP contribution in [0.15, 0.2) is 18.2 Å². The van der Waals surface area contributed by atoms with E-state index in [4.69, 9.17) is 9.47 Å². The van der Waals surface area contributed by atoms with Crippen LogP contribution >= 0.6 is 0 Å². The minimum Gasteiger partial charge on any atom is -0.479 e. The van der Waals surface area contributed by atoms with Gasteiger partial charge in [0.25, 0.3) is 0 Å². The average molecular weight is 818 g/mol. The number of carboxylic acid groups (broad SMARTS) is 1. The number of benzene rings is 1. The van der Waals surface area contributed by atoms with Gasteiger partial charge in [-0.2, -0.15) is 0 Å². The molecule has 2 aliphatic rings. The van der Waals surface area contributed by atoms with E-state index >= 15 is 0 Å². The minimum absolute atomic E-state index is 0.0144. The highest BCUT2D eigenvalue weighted by molar-refractivity contribution is 6.03. The van der Waals surface area contributed by atoms with E-state index in [0.29, 0.717) is 42.5 Å². The number of rotatable bonds is 20. The van der Waals surface area contributed by atoms with Crippen LogP contribution in [-0.2, 0) is 62.5 Å². The standard InChI is InChI=1S/C42H63N3O13/c1-22(2)28-20-32(48)45(39(28)53)17-11-9-10-12-31(47)44-33(23(3)4)38(52)43-24(5)29(46)19-25-13-14-27(21-57-41(56)42(6,7)8)26(18-25)15-16-30-34(49)35(50)36(51)37(58-30)40(54)55/h13-14,18,22-24,28,30,33-37,49-51H,9-12,15-17,19-21H2,1-8H3,(H,43,52)(H,44,47)(H,54,55)/t24-,28?,30-,33-,34-,35+,36-,37-/m0/s1. The maximum absolute atomic E-state index is 13.4. The fourth-order valence-electron chi connectivity index (χ4n) is 6.93. The number of Topliss-reactive ketones (excluding diaryl/α,β-unsaturated/α-hetero) is 1. The molecule has 1 aromatic rings. The maximum Gasteiger partial charge on any atom is 0.335 e. The molecule has 16 nitrogen and oxygen atoms in total. The molecule has 2 saturated heterocycles. The van der Waals surface area contributed by atoms with Crippen molar-refractivity contribution < 1.29 is 63.5 Å². The zero-order chi connectivity index (χ0) is 43.6. The van der Waals surface area contributed by atoms with Crippen molar-refractivity contribution in [3.63, 3.8) is 0 Å². The Morgan fingerprint density at radius 3 is 2.17 bits per heavy atom. The number of carbonyl (C=O) groups excluding carboxylic acids is 6. The van der Waals surface area contributed by atoms with Crippen LogP contribution in [0.4, 0.5) is 0 Å². The number of imide groups is 1. The number of aliphatic hydroxyl groups excluding tert-OH is 3. The number of likely N-dealkylation sites (tertiary alicyclic amines) is 1. The monoisotopic (exact) mass is 817 g/mol. The first-order valence-electron chi connectivity index (χ1n) is 20.2. The summed E-state index contributed by atoms with van der Waals surface area (Å²) in [6.45, 7) is 14.3.